The van der Waals surface area contributed by atoms with Gasteiger partial charge in [0.2, 0.25) is 0 Å². The van der Waals surface area contributed by atoms with E-state index in [4.69, 9.17) is 17.0 Å². The molecule has 1 aliphatic rings. The highest BCUT2D eigenvalue weighted by atomic mass is 32.1. The number of piperidine rings is 1. The summed E-state index contributed by atoms with van der Waals surface area (Å²) in [6.45, 7) is 7.46. The number of benzene rings is 2. The molecule has 1 aliphatic heterocycles. The van der Waals surface area contributed by atoms with Gasteiger partial charge in [0.15, 0.2) is 5.11 Å². The van der Waals surface area contributed by atoms with Crippen LogP contribution in [0.4, 0.5) is 5.69 Å². The van der Waals surface area contributed by atoms with Gasteiger partial charge in [-0.05, 0) is 92.9 Å². The number of hydrogen-bond donors (Lipinski definition) is 3. The second kappa shape index (κ2) is 9.89. The maximum Gasteiger partial charge on any atom is 0.171 e. The van der Waals surface area contributed by atoms with Crippen LogP contribution in [0.2, 0.25) is 0 Å². The van der Waals surface area contributed by atoms with Crippen LogP contribution >= 0.6 is 12.2 Å². The van der Waals surface area contributed by atoms with Gasteiger partial charge >= 0.3 is 0 Å². The van der Waals surface area contributed by atoms with E-state index < -0.39 is 0 Å². The first-order valence-electron chi connectivity index (χ1n) is 10.2. The molecular formula is C23H32N3OS+. The number of methoxy groups -OCH3 is 1. The predicted octanol–water partition coefficient (Wildman–Crippen LogP) is 3.41. The Kier molecular flexibility index (Phi) is 7.29. The number of quaternary nitrogens is 1. The van der Waals surface area contributed by atoms with Crippen LogP contribution in [0.1, 0.15) is 42.0 Å². The van der Waals surface area contributed by atoms with Crippen LogP contribution in [0, 0.1) is 13.8 Å². The Morgan fingerprint density at radius 1 is 1.04 bits per heavy atom. The molecule has 0 unspecified atom stereocenters. The average Bonchev–Trinajstić information content (AvgIpc) is 2.68. The first kappa shape index (κ1) is 20.6. The van der Waals surface area contributed by atoms with Gasteiger partial charge in [-0.1, -0.05) is 6.07 Å². The van der Waals surface area contributed by atoms with E-state index in [0.717, 1.165) is 18.0 Å². The zero-order valence-electron chi connectivity index (χ0n) is 17.2. The summed E-state index contributed by atoms with van der Waals surface area (Å²) in [4.78, 5) is 1.64. The number of thiocarbonyl (C=S) groups is 1. The van der Waals surface area contributed by atoms with E-state index in [1.165, 1.54) is 49.0 Å². The van der Waals surface area contributed by atoms with Crippen molar-refractivity contribution in [2.24, 2.45) is 0 Å². The van der Waals surface area contributed by atoms with Crippen molar-refractivity contribution in [3.05, 3.63) is 59.2 Å². The van der Waals surface area contributed by atoms with E-state index in [0.29, 0.717) is 11.2 Å². The van der Waals surface area contributed by atoms with Gasteiger partial charge in [-0.25, -0.2) is 0 Å². The first-order valence-corrected chi connectivity index (χ1v) is 10.6. The van der Waals surface area contributed by atoms with Crippen molar-refractivity contribution >= 4 is 23.0 Å². The van der Waals surface area contributed by atoms with Crippen LogP contribution in [-0.4, -0.2) is 31.9 Å². The maximum atomic E-state index is 5.58. The Morgan fingerprint density at radius 3 is 2.29 bits per heavy atom. The molecule has 3 rings (SSSR count). The van der Waals surface area contributed by atoms with Gasteiger partial charge in [-0.15, -0.1) is 0 Å². The minimum absolute atomic E-state index is 0.380. The molecule has 1 fully saturated rings. The van der Waals surface area contributed by atoms with Crippen molar-refractivity contribution in [2.45, 2.75) is 39.2 Å². The summed E-state index contributed by atoms with van der Waals surface area (Å²) in [6.07, 6.45) is 3.94. The number of hydrogen-bond acceptors (Lipinski definition) is 2. The van der Waals surface area contributed by atoms with Crippen molar-refractivity contribution in [3.63, 3.8) is 0 Å². The Balaban J connectivity index is 1.67. The Morgan fingerprint density at radius 2 is 1.68 bits per heavy atom. The van der Waals surface area contributed by atoms with Crippen molar-refractivity contribution < 1.29 is 9.64 Å². The van der Waals surface area contributed by atoms with E-state index in [2.05, 4.69) is 66.9 Å². The largest absolute Gasteiger partial charge is 0.497 e. The van der Waals surface area contributed by atoms with Gasteiger partial charge in [0, 0.05) is 11.3 Å². The van der Waals surface area contributed by atoms with Crippen molar-refractivity contribution in [1.29, 1.82) is 0 Å². The topological polar surface area (TPSA) is 37.7 Å². The maximum absolute atomic E-state index is 5.58. The van der Waals surface area contributed by atoms with Gasteiger partial charge < -0.3 is 20.3 Å². The summed E-state index contributed by atoms with van der Waals surface area (Å²) in [5.41, 5.74) is 4.85. The Hall–Kier alpha value is -2.11. The minimum atomic E-state index is 0.380. The number of ether oxygens (including phenoxy) is 1. The number of nitrogens with one attached hydrogen (secondary N) is 3. The summed E-state index contributed by atoms with van der Waals surface area (Å²) < 4.78 is 5.33. The van der Waals surface area contributed by atoms with Crippen LogP contribution in [0.3, 0.4) is 0 Å². The van der Waals surface area contributed by atoms with E-state index in [-0.39, 0.29) is 0 Å². The molecule has 2 aromatic carbocycles. The molecular weight excluding hydrogens is 366 g/mol. The first-order chi connectivity index (χ1) is 13.5. The summed E-state index contributed by atoms with van der Waals surface area (Å²) in [6, 6.07) is 15.3. The molecule has 0 aliphatic carbocycles. The van der Waals surface area contributed by atoms with Gasteiger partial charge in [0.1, 0.15) is 11.8 Å². The second-order valence-electron chi connectivity index (χ2n) is 7.76. The van der Waals surface area contributed by atoms with Gasteiger partial charge in [-0.2, -0.15) is 0 Å². The zero-order chi connectivity index (χ0) is 19.9. The Labute approximate surface area is 174 Å². The van der Waals surface area contributed by atoms with E-state index >= 15 is 0 Å². The summed E-state index contributed by atoms with van der Waals surface area (Å²) >= 11 is 5.58. The Bertz CT molecular complexity index is 765. The standard InChI is InChI=1S/C23H31N3OS/c1-17-13-18(2)15-20(14-17)25-23(28)24-16-22(26-11-5-4-6-12-26)19-7-9-21(27-3)10-8-19/h7-10,13-15,22H,4-6,11-12,16H2,1-3H3,(H2,24,25,28)/p+1/t22-/m1/s1. The monoisotopic (exact) mass is 398 g/mol. The zero-order valence-corrected chi connectivity index (χ0v) is 18.0. The van der Waals surface area contributed by atoms with Crippen molar-refractivity contribution in [2.75, 3.05) is 32.1 Å². The SMILES string of the molecule is COc1ccc([C@@H](CNC(=S)Nc2cc(C)cc(C)c2)[NH+]2CCCCC2)cc1. The molecule has 1 saturated heterocycles. The number of anilines is 1. The number of rotatable bonds is 6. The molecule has 2 aromatic rings. The fourth-order valence-electron chi connectivity index (χ4n) is 4.11. The highest BCUT2D eigenvalue weighted by Crippen LogP contribution is 2.17. The van der Waals surface area contributed by atoms with Crippen LogP contribution in [0.5, 0.6) is 5.75 Å². The fourth-order valence-corrected chi connectivity index (χ4v) is 4.31. The summed E-state index contributed by atoms with van der Waals surface area (Å²) in [5, 5.41) is 7.49. The molecule has 0 radical (unpaired) electrons. The molecule has 5 heteroatoms. The molecule has 0 aromatic heterocycles. The van der Waals surface area contributed by atoms with Crippen LogP contribution in [-0.2, 0) is 0 Å². The van der Waals surface area contributed by atoms with Gasteiger partial charge in [0.25, 0.3) is 0 Å². The molecule has 3 N–H and O–H groups in total. The minimum Gasteiger partial charge on any atom is -0.497 e. The lowest BCUT2D eigenvalue weighted by Gasteiger charge is -2.32. The van der Waals surface area contributed by atoms with Crippen molar-refractivity contribution in [1.82, 2.24) is 5.32 Å². The molecule has 1 heterocycles. The molecule has 0 spiro atoms. The highest BCUT2D eigenvalue weighted by molar-refractivity contribution is 7.80. The second-order valence-corrected chi connectivity index (χ2v) is 8.16. The van der Waals surface area contributed by atoms with E-state index in [9.17, 15) is 0 Å². The van der Waals surface area contributed by atoms with Crippen LogP contribution in [0.25, 0.3) is 0 Å². The third kappa shape index (κ3) is 5.69. The fraction of sp³-hybridized carbons (Fsp3) is 0.435. The molecule has 4 nitrogen and oxygen atoms in total. The van der Waals surface area contributed by atoms with Gasteiger partial charge in [-0.3, -0.25) is 0 Å². The third-order valence-electron chi connectivity index (χ3n) is 5.45. The third-order valence-corrected chi connectivity index (χ3v) is 5.70. The summed E-state index contributed by atoms with van der Waals surface area (Å²) in [7, 11) is 1.71. The van der Waals surface area contributed by atoms with Gasteiger partial charge in [0.05, 0.1) is 26.7 Å². The molecule has 0 bridgehead atoms. The molecule has 0 saturated carbocycles. The lowest BCUT2D eigenvalue weighted by atomic mass is 10.0. The average molecular weight is 399 g/mol. The van der Waals surface area contributed by atoms with Crippen LogP contribution < -0.4 is 20.3 Å². The quantitative estimate of drug-likeness (QED) is 0.652. The molecule has 150 valence electrons. The normalized spacial score (nSPS) is 15.7. The molecule has 0 amide bonds. The lowest BCUT2D eigenvalue weighted by molar-refractivity contribution is -0.934. The van der Waals surface area contributed by atoms with Crippen molar-refractivity contribution in [3.8, 4) is 5.75 Å². The predicted molar refractivity (Wildman–Crippen MR) is 120 cm³/mol. The van der Waals surface area contributed by atoms with E-state index in [1.807, 2.05) is 0 Å². The summed E-state index contributed by atoms with van der Waals surface area (Å²) in [5.74, 6) is 0.899. The molecule has 28 heavy (non-hydrogen) atoms. The van der Waals surface area contributed by atoms with E-state index in [1.54, 1.807) is 12.0 Å². The number of aryl methyl sites for hydroxylation is 2. The smallest absolute Gasteiger partial charge is 0.171 e. The lowest BCUT2D eigenvalue weighted by Crippen LogP contribution is -3.13. The molecule has 1 atom stereocenters. The highest BCUT2D eigenvalue weighted by Gasteiger charge is 2.26. The number of likely N-dealkylation sites (tertiary alicyclic amines) is 1. The van der Waals surface area contributed by atoms with Crippen LogP contribution in [0.15, 0.2) is 42.5 Å².